The summed E-state index contributed by atoms with van der Waals surface area (Å²) < 4.78 is 1.67. The van der Waals surface area contributed by atoms with Gasteiger partial charge in [0.2, 0.25) is 0 Å². The molecule has 5 heteroatoms. The van der Waals surface area contributed by atoms with Crippen molar-refractivity contribution in [3.63, 3.8) is 0 Å². The van der Waals surface area contributed by atoms with E-state index >= 15 is 0 Å². The Labute approximate surface area is 111 Å². The Morgan fingerprint density at radius 3 is 2.58 bits per heavy atom. The maximum absolute atomic E-state index is 12.1. The van der Waals surface area contributed by atoms with Crippen molar-refractivity contribution in [3.05, 3.63) is 42.5 Å². The first-order valence-electron chi connectivity index (χ1n) is 6.59. The van der Waals surface area contributed by atoms with Crippen molar-refractivity contribution in [3.8, 4) is 5.69 Å². The number of carbonyl (C=O) groups excluding carboxylic acids is 1. The molecule has 1 aliphatic rings. The fourth-order valence-corrected chi connectivity index (χ4v) is 2.45. The third-order valence-electron chi connectivity index (χ3n) is 3.50. The molecule has 1 aromatic heterocycles. The first-order valence-corrected chi connectivity index (χ1v) is 6.59. The average Bonchev–Trinajstić information content (AvgIpc) is 3.12. The van der Waals surface area contributed by atoms with Gasteiger partial charge in [-0.1, -0.05) is 12.8 Å². The van der Waals surface area contributed by atoms with Gasteiger partial charge in [-0.25, -0.2) is 9.67 Å². The van der Waals surface area contributed by atoms with Crippen LogP contribution in [-0.2, 0) is 0 Å². The van der Waals surface area contributed by atoms with E-state index in [1.165, 1.54) is 19.2 Å². The number of aromatic nitrogens is 3. The molecule has 0 atom stereocenters. The van der Waals surface area contributed by atoms with Crippen LogP contribution in [0.1, 0.15) is 36.0 Å². The lowest BCUT2D eigenvalue weighted by molar-refractivity contribution is 0.0938. The van der Waals surface area contributed by atoms with Gasteiger partial charge in [-0.2, -0.15) is 5.10 Å². The largest absolute Gasteiger partial charge is 0.349 e. The molecule has 0 saturated heterocycles. The minimum atomic E-state index is 0.0111. The third-order valence-corrected chi connectivity index (χ3v) is 3.50. The summed E-state index contributed by atoms with van der Waals surface area (Å²) in [6.07, 6.45) is 7.76. The molecule has 0 spiro atoms. The Kier molecular flexibility index (Phi) is 3.27. The maximum Gasteiger partial charge on any atom is 0.251 e. The Hall–Kier alpha value is -2.17. The molecule has 0 bridgehead atoms. The highest BCUT2D eigenvalue weighted by atomic mass is 16.1. The SMILES string of the molecule is O=C(NC1CCCC1)c1ccc(-n2cncn2)cc1. The number of nitrogens with zero attached hydrogens (tertiary/aromatic N) is 3. The van der Waals surface area contributed by atoms with E-state index in [9.17, 15) is 4.79 Å². The van der Waals surface area contributed by atoms with Crippen molar-refractivity contribution < 1.29 is 4.79 Å². The van der Waals surface area contributed by atoms with E-state index in [0.29, 0.717) is 11.6 Å². The predicted molar refractivity (Wildman–Crippen MR) is 71.1 cm³/mol. The molecule has 1 heterocycles. The molecule has 2 aromatic rings. The number of hydrogen-bond donors (Lipinski definition) is 1. The highest BCUT2D eigenvalue weighted by Crippen LogP contribution is 2.18. The first kappa shape index (κ1) is 11.9. The van der Waals surface area contributed by atoms with Gasteiger partial charge in [0.15, 0.2) is 0 Å². The lowest BCUT2D eigenvalue weighted by atomic mass is 10.1. The number of nitrogens with one attached hydrogen (secondary N) is 1. The smallest absolute Gasteiger partial charge is 0.251 e. The van der Waals surface area contributed by atoms with Crippen LogP contribution in [0.4, 0.5) is 0 Å². The highest BCUT2D eigenvalue weighted by molar-refractivity contribution is 5.94. The molecule has 1 fully saturated rings. The minimum Gasteiger partial charge on any atom is -0.349 e. The van der Waals surface area contributed by atoms with Crippen LogP contribution >= 0.6 is 0 Å². The van der Waals surface area contributed by atoms with Gasteiger partial charge in [0.1, 0.15) is 12.7 Å². The van der Waals surface area contributed by atoms with Crippen molar-refractivity contribution in [2.24, 2.45) is 0 Å². The predicted octanol–water partition coefficient (Wildman–Crippen LogP) is 1.94. The maximum atomic E-state index is 12.1. The van der Waals surface area contributed by atoms with Crippen molar-refractivity contribution in [2.45, 2.75) is 31.7 Å². The lowest BCUT2D eigenvalue weighted by Crippen LogP contribution is -2.32. The standard InChI is InChI=1S/C14H16N4O/c19-14(17-12-3-1-2-4-12)11-5-7-13(8-6-11)18-10-15-9-16-18/h5-10,12H,1-4H2,(H,17,19). The van der Waals surface area contributed by atoms with Crippen LogP contribution in [0.15, 0.2) is 36.9 Å². The number of amides is 1. The van der Waals surface area contributed by atoms with E-state index < -0.39 is 0 Å². The molecule has 1 aromatic carbocycles. The monoisotopic (exact) mass is 256 g/mol. The summed E-state index contributed by atoms with van der Waals surface area (Å²) in [6.45, 7) is 0. The summed E-state index contributed by atoms with van der Waals surface area (Å²) in [5, 5.41) is 7.12. The minimum absolute atomic E-state index is 0.0111. The van der Waals surface area contributed by atoms with Crippen LogP contribution in [0, 0.1) is 0 Å². The zero-order valence-corrected chi connectivity index (χ0v) is 10.6. The Morgan fingerprint density at radius 2 is 1.95 bits per heavy atom. The normalized spacial score (nSPS) is 15.6. The van der Waals surface area contributed by atoms with Crippen LogP contribution in [0.2, 0.25) is 0 Å². The molecule has 98 valence electrons. The van der Waals surface area contributed by atoms with E-state index in [1.807, 2.05) is 24.3 Å². The molecule has 0 radical (unpaired) electrons. The Morgan fingerprint density at radius 1 is 1.21 bits per heavy atom. The van der Waals surface area contributed by atoms with Crippen molar-refractivity contribution >= 4 is 5.91 Å². The average molecular weight is 256 g/mol. The molecule has 1 N–H and O–H groups in total. The number of hydrogen-bond acceptors (Lipinski definition) is 3. The second kappa shape index (κ2) is 5.22. The van der Waals surface area contributed by atoms with E-state index in [1.54, 1.807) is 11.0 Å². The first-order chi connectivity index (χ1) is 9.33. The van der Waals surface area contributed by atoms with Gasteiger partial charge in [0.25, 0.3) is 5.91 Å². The van der Waals surface area contributed by atoms with E-state index in [-0.39, 0.29) is 5.91 Å². The fourth-order valence-electron chi connectivity index (χ4n) is 2.45. The van der Waals surface area contributed by atoms with E-state index in [4.69, 9.17) is 0 Å². The molecular formula is C14H16N4O. The molecule has 0 aliphatic heterocycles. The summed E-state index contributed by atoms with van der Waals surface area (Å²) in [7, 11) is 0. The third kappa shape index (κ3) is 2.65. The molecule has 3 rings (SSSR count). The topological polar surface area (TPSA) is 59.8 Å². The van der Waals surface area contributed by atoms with Gasteiger partial charge in [-0.05, 0) is 37.1 Å². The fraction of sp³-hybridized carbons (Fsp3) is 0.357. The number of benzene rings is 1. The van der Waals surface area contributed by atoms with Crippen molar-refractivity contribution in [1.29, 1.82) is 0 Å². The van der Waals surface area contributed by atoms with Crippen molar-refractivity contribution in [2.75, 3.05) is 0 Å². The van der Waals surface area contributed by atoms with E-state index in [2.05, 4.69) is 15.4 Å². The van der Waals surface area contributed by atoms with E-state index in [0.717, 1.165) is 18.5 Å². The van der Waals surface area contributed by atoms with Crippen molar-refractivity contribution in [1.82, 2.24) is 20.1 Å². The summed E-state index contributed by atoms with van der Waals surface area (Å²) in [5.41, 5.74) is 1.59. The summed E-state index contributed by atoms with van der Waals surface area (Å²) in [6, 6.07) is 7.74. The van der Waals surface area contributed by atoms with Crippen LogP contribution < -0.4 is 5.32 Å². The van der Waals surface area contributed by atoms with Gasteiger partial charge < -0.3 is 5.32 Å². The molecular weight excluding hydrogens is 240 g/mol. The van der Waals surface area contributed by atoms with Gasteiger partial charge in [0.05, 0.1) is 5.69 Å². The van der Waals surface area contributed by atoms with Crippen LogP contribution in [0.3, 0.4) is 0 Å². The summed E-state index contributed by atoms with van der Waals surface area (Å²) in [4.78, 5) is 15.9. The van der Waals surface area contributed by atoms with Crippen LogP contribution in [0.25, 0.3) is 5.69 Å². The van der Waals surface area contributed by atoms with Gasteiger partial charge in [-0.3, -0.25) is 4.79 Å². The van der Waals surface area contributed by atoms with Gasteiger partial charge >= 0.3 is 0 Å². The Bertz CT molecular complexity index is 541. The molecule has 1 aliphatic carbocycles. The highest BCUT2D eigenvalue weighted by Gasteiger charge is 2.17. The summed E-state index contributed by atoms with van der Waals surface area (Å²) in [5.74, 6) is 0.0111. The molecule has 5 nitrogen and oxygen atoms in total. The zero-order chi connectivity index (χ0) is 13.1. The molecule has 1 amide bonds. The van der Waals surface area contributed by atoms with Crippen LogP contribution in [0.5, 0.6) is 0 Å². The second-order valence-corrected chi connectivity index (χ2v) is 4.84. The van der Waals surface area contributed by atoms with Crippen LogP contribution in [-0.4, -0.2) is 26.7 Å². The zero-order valence-electron chi connectivity index (χ0n) is 10.6. The second-order valence-electron chi connectivity index (χ2n) is 4.84. The quantitative estimate of drug-likeness (QED) is 0.913. The molecule has 0 unspecified atom stereocenters. The van der Waals surface area contributed by atoms with Gasteiger partial charge in [0, 0.05) is 11.6 Å². The Balaban J connectivity index is 1.69. The van der Waals surface area contributed by atoms with Gasteiger partial charge in [-0.15, -0.1) is 0 Å². The molecule has 19 heavy (non-hydrogen) atoms. The summed E-state index contributed by atoms with van der Waals surface area (Å²) >= 11 is 0. The lowest BCUT2D eigenvalue weighted by Gasteiger charge is -2.12. The molecule has 1 saturated carbocycles. The number of rotatable bonds is 3. The number of carbonyl (C=O) groups is 1.